The minimum absolute atomic E-state index is 0.216. The molecule has 0 aliphatic heterocycles. The van der Waals surface area contributed by atoms with E-state index in [0.29, 0.717) is 11.4 Å². The molecule has 2 rings (SSSR count). The minimum Gasteiger partial charge on any atom is -0.317 e. The van der Waals surface area contributed by atoms with E-state index in [9.17, 15) is 4.79 Å². The van der Waals surface area contributed by atoms with Gasteiger partial charge in [-0.25, -0.2) is 4.98 Å². The number of pyridine rings is 1. The summed E-state index contributed by atoms with van der Waals surface area (Å²) < 4.78 is 0.919. The van der Waals surface area contributed by atoms with Gasteiger partial charge in [0.25, 0.3) is 5.91 Å². The van der Waals surface area contributed by atoms with Crippen molar-refractivity contribution in [1.82, 2.24) is 10.3 Å². The van der Waals surface area contributed by atoms with E-state index in [4.69, 9.17) is 12.2 Å². The van der Waals surface area contributed by atoms with Crippen molar-refractivity contribution < 1.29 is 4.79 Å². The Morgan fingerprint density at radius 2 is 1.90 bits per heavy atom. The van der Waals surface area contributed by atoms with Gasteiger partial charge in [0.2, 0.25) is 0 Å². The van der Waals surface area contributed by atoms with Crippen LogP contribution in [0.4, 0.5) is 5.82 Å². The molecule has 0 saturated heterocycles. The number of aromatic nitrogens is 1. The predicted molar refractivity (Wildman–Crippen MR) is 86.8 cm³/mol. The minimum atomic E-state index is -0.253. The first kappa shape index (κ1) is 14.6. The van der Waals surface area contributed by atoms with E-state index < -0.39 is 0 Å². The maximum atomic E-state index is 11.9. The topological polar surface area (TPSA) is 54.0 Å². The Bertz CT molecular complexity index is 646. The van der Waals surface area contributed by atoms with E-state index in [1.807, 2.05) is 19.1 Å². The van der Waals surface area contributed by atoms with Gasteiger partial charge in [-0.2, -0.15) is 0 Å². The molecule has 0 radical (unpaired) electrons. The Kier molecular flexibility index (Phi) is 4.81. The van der Waals surface area contributed by atoms with Gasteiger partial charge >= 0.3 is 0 Å². The van der Waals surface area contributed by atoms with Gasteiger partial charge in [-0.1, -0.05) is 18.2 Å². The van der Waals surface area contributed by atoms with Gasteiger partial charge in [0, 0.05) is 10.0 Å². The fourth-order valence-corrected chi connectivity index (χ4v) is 1.94. The molecule has 0 aliphatic carbocycles. The number of anilines is 1. The number of hydrogen-bond donors (Lipinski definition) is 2. The van der Waals surface area contributed by atoms with Crippen molar-refractivity contribution >= 4 is 45.0 Å². The van der Waals surface area contributed by atoms with E-state index in [2.05, 4.69) is 31.5 Å². The van der Waals surface area contributed by atoms with Crippen LogP contribution in [0, 0.1) is 6.92 Å². The second-order valence-electron chi connectivity index (χ2n) is 4.04. The number of carbonyl (C=O) groups is 1. The second-order valence-corrected chi connectivity index (χ2v) is 5.30. The standard InChI is InChI=1S/C14H12BrN3OS/c1-9-11(15)7-8-12(16-9)17-14(20)18-13(19)10-5-3-2-4-6-10/h2-8H,1H3,(H2,16,17,18,19,20). The van der Waals surface area contributed by atoms with E-state index in [1.54, 1.807) is 30.3 Å². The Hall–Kier alpha value is -1.79. The SMILES string of the molecule is Cc1nc(NC(=S)NC(=O)c2ccccc2)ccc1Br. The molecule has 20 heavy (non-hydrogen) atoms. The molecule has 1 aromatic carbocycles. The van der Waals surface area contributed by atoms with Crippen LogP contribution in [0.2, 0.25) is 0 Å². The summed E-state index contributed by atoms with van der Waals surface area (Å²) in [6.45, 7) is 1.88. The third-order valence-corrected chi connectivity index (χ3v) is 3.57. The van der Waals surface area contributed by atoms with Crippen LogP contribution < -0.4 is 10.6 Å². The zero-order valence-corrected chi connectivity index (χ0v) is 13.1. The predicted octanol–water partition coefficient (Wildman–Crippen LogP) is 3.28. The number of thiocarbonyl (C=S) groups is 1. The lowest BCUT2D eigenvalue weighted by molar-refractivity contribution is 0.0978. The fraction of sp³-hybridized carbons (Fsp3) is 0.0714. The van der Waals surface area contributed by atoms with Crippen LogP contribution >= 0.6 is 28.1 Å². The van der Waals surface area contributed by atoms with Crippen LogP contribution in [0.25, 0.3) is 0 Å². The van der Waals surface area contributed by atoms with Crippen molar-refractivity contribution in [2.45, 2.75) is 6.92 Å². The summed E-state index contributed by atoms with van der Waals surface area (Å²) in [7, 11) is 0. The van der Waals surface area contributed by atoms with Crippen molar-refractivity contribution in [2.24, 2.45) is 0 Å². The molecule has 2 N–H and O–H groups in total. The average molecular weight is 350 g/mol. The van der Waals surface area contributed by atoms with E-state index >= 15 is 0 Å². The summed E-state index contributed by atoms with van der Waals surface area (Å²) in [5.41, 5.74) is 1.39. The maximum Gasteiger partial charge on any atom is 0.257 e. The van der Waals surface area contributed by atoms with Gasteiger partial charge in [0.15, 0.2) is 5.11 Å². The Balaban J connectivity index is 1.99. The molecule has 0 atom stereocenters. The van der Waals surface area contributed by atoms with E-state index in [0.717, 1.165) is 10.2 Å². The van der Waals surface area contributed by atoms with Crippen molar-refractivity contribution in [2.75, 3.05) is 5.32 Å². The van der Waals surface area contributed by atoms with Gasteiger partial charge in [-0.3, -0.25) is 10.1 Å². The molecule has 0 spiro atoms. The molecule has 2 aromatic rings. The van der Waals surface area contributed by atoms with Gasteiger partial charge in [0.1, 0.15) is 5.82 Å². The first-order valence-electron chi connectivity index (χ1n) is 5.87. The number of carbonyl (C=O) groups excluding carboxylic acids is 1. The van der Waals surface area contributed by atoms with Gasteiger partial charge in [0.05, 0.1) is 5.69 Å². The molecule has 4 nitrogen and oxygen atoms in total. The Morgan fingerprint density at radius 1 is 1.20 bits per heavy atom. The molecule has 1 aromatic heterocycles. The first-order chi connectivity index (χ1) is 9.56. The van der Waals surface area contributed by atoms with Gasteiger partial charge in [-0.15, -0.1) is 0 Å². The highest BCUT2D eigenvalue weighted by molar-refractivity contribution is 9.10. The second kappa shape index (κ2) is 6.58. The van der Waals surface area contributed by atoms with Gasteiger partial charge in [-0.05, 0) is 59.3 Å². The number of amides is 1. The summed E-state index contributed by atoms with van der Waals surface area (Å²) in [4.78, 5) is 16.2. The molecule has 1 heterocycles. The molecule has 0 bridgehead atoms. The summed E-state index contributed by atoms with van der Waals surface area (Å²) in [5.74, 6) is 0.334. The molecule has 0 fully saturated rings. The smallest absolute Gasteiger partial charge is 0.257 e. The molecule has 1 amide bonds. The molecule has 6 heteroatoms. The normalized spacial score (nSPS) is 9.90. The monoisotopic (exact) mass is 349 g/mol. The summed E-state index contributed by atoms with van der Waals surface area (Å²) >= 11 is 8.47. The third-order valence-electron chi connectivity index (χ3n) is 2.53. The zero-order valence-electron chi connectivity index (χ0n) is 10.7. The summed E-state index contributed by atoms with van der Waals surface area (Å²) in [5, 5.41) is 5.70. The Morgan fingerprint density at radius 3 is 2.55 bits per heavy atom. The van der Waals surface area contributed by atoms with E-state index in [-0.39, 0.29) is 11.0 Å². The van der Waals surface area contributed by atoms with Crippen molar-refractivity contribution in [3.8, 4) is 0 Å². The number of rotatable bonds is 2. The fourth-order valence-electron chi connectivity index (χ4n) is 1.53. The van der Waals surface area contributed by atoms with Crippen LogP contribution in [-0.4, -0.2) is 16.0 Å². The number of nitrogens with one attached hydrogen (secondary N) is 2. The number of hydrogen-bond acceptors (Lipinski definition) is 3. The molecule has 0 aliphatic rings. The van der Waals surface area contributed by atoms with Crippen molar-refractivity contribution in [3.63, 3.8) is 0 Å². The lowest BCUT2D eigenvalue weighted by Gasteiger charge is -2.09. The van der Waals surface area contributed by atoms with Crippen LogP contribution in [0.1, 0.15) is 16.1 Å². The quantitative estimate of drug-likeness (QED) is 0.817. The highest BCUT2D eigenvalue weighted by atomic mass is 79.9. The summed E-state index contributed by atoms with van der Waals surface area (Å²) in [6.07, 6.45) is 0. The highest BCUT2D eigenvalue weighted by Crippen LogP contribution is 2.16. The highest BCUT2D eigenvalue weighted by Gasteiger charge is 2.08. The van der Waals surface area contributed by atoms with Crippen LogP contribution in [0.15, 0.2) is 46.9 Å². The third kappa shape index (κ3) is 3.85. The first-order valence-corrected chi connectivity index (χ1v) is 7.07. The number of halogens is 1. The molecule has 0 unspecified atom stereocenters. The number of aryl methyl sites for hydroxylation is 1. The number of nitrogens with zero attached hydrogens (tertiary/aromatic N) is 1. The number of benzene rings is 1. The average Bonchev–Trinajstić information content (AvgIpc) is 2.44. The summed E-state index contributed by atoms with van der Waals surface area (Å²) in [6, 6.07) is 12.5. The lowest BCUT2D eigenvalue weighted by Crippen LogP contribution is -2.34. The Labute approximate surface area is 130 Å². The molecular formula is C14H12BrN3OS. The zero-order chi connectivity index (χ0) is 14.5. The lowest BCUT2D eigenvalue weighted by atomic mass is 10.2. The van der Waals surface area contributed by atoms with Crippen LogP contribution in [0.5, 0.6) is 0 Å². The van der Waals surface area contributed by atoms with Crippen molar-refractivity contribution in [3.05, 3.63) is 58.2 Å². The maximum absolute atomic E-state index is 11.9. The molecule has 0 saturated carbocycles. The largest absolute Gasteiger partial charge is 0.317 e. The van der Waals surface area contributed by atoms with Crippen molar-refractivity contribution in [1.29, 1.82) is 0 Å². The van der Waals surface area contributed by atoms with Crippen LogP contribution in [0.3, 0.4) is 0 Å². The van der Waals surface area contributed by atoms with Crippen LogP contribution in [-0.2, 0) is 0 Å². The van der Waals surface area contributed by atoms with Gasteiger partial charge < -0.3 is 5.32 Å². The van der Waals surface area contributed by atoms with E-state index in [1.165, 1.54) is 0 Å². The molecular weight excluding hydrogens is 338 g/mol. The molecule has 102 valence electrons.